The van der Waals surface area contributed by atoms with Crippen LogP contribution in [0.5, 0.6) is 11.6 Å². The fourth-order valence-electron chi connectivity index (χ4n) is 1.35. The van der Waals surface area contributed by atoms with Gasteiger partial charge in [0.2, 0.25) is 5.88 Å². The van der Waals surface area contributed by atoms with Crippen molar-refractivity contribution in [2.24, 2.45) is 0 Å². The van der Waals surface area contributed by atoms with Crippen LogP contribution in [0.3, 0.4) is 0 Å². The van der Waals surface area contributed by atoms with Gasteiger partial charge in [-0.05, 0) is 25.1 Å². The number of hydrogen-bond acceptors (Lipinski definition) is 6. The maximum Gasteiger partial charge on any atom is 0.276 e. The Kier molecular flexibility index (Phi) is 3.05. The van der Waals surface area contributed by atoms with Crippen LogP contribution in [-0.2, 0) is 0 Å². The summed E-state index contributed by atoms with van der Waals surface area (Å²) in [6, 6.07) is 7.64. The summed E-state index contributed by atoms with van der Waals surface area (Å²) in [5.41, 5.74) is 5.95. The molecule has 7 heteroatoms. The molecular weight excluding hydrogens is 236 g/mol. The molecule has 18 heavy (non-hydrogen) atoms. The Morgan fingerprint density at radius 1 is 1.28 bits per heavy atom. The summed E-state index contributed by atoms with van der Waals surface area (Å²) < 4.78 is 5.35. The number of rotatable bonds is 3. The number of aryl methyl sites for hydroxylation is 1. The Labute approximate surface area is 102 Å². The lowest BCUT2D eigenvalue weighted by Gasteiger charge is -2.04. The fraction of sp³-hybridized carbons (Fsp3) is 0.0909. The minimum atomic E-state index is -0.461. The van der Waals surface area contributed by atoms with Crippen molar-refractivity contribution in [2.45, 2.75) is 6.92 Å². The zero-order valence-corrected chi connectivity index (χ0v) is 9.53. The van der Waals surface area contributed by atoms with Crippen LogP contribution in [0.15, 0.2) is 30.3 Å². The summed E-state index contributed by atoms with van der Waals surface area (Å²) in [5, 5.41) is 18.1. The molecule has 2 N–H and O–H groups in total. The van der Waals surface area contributed by atoms with Gasteiger partial charge in [-0.15, -0.1) is 10.2 Å². The van der Waals surface area contributed by atoms with Gasteiger partial charge in [0.25, 0.3) is 5.69 Å². The second-order valence-electron chi connectivity index (χ2n) is 3.60. The Bertz CT molecular complexity index is 583. The van der Waals surface area contributed by atoms with Crippen molar-refractivity contribution < 1.29 is 9.66 Å². The number of nitrogen functional groups attached to an aromatic ring is 1. The smallest absolute Gasteiger partial charge is 0.276 e. The van der Waals surface area contributed by atoms with Crippen LogP contribution in [0.4, 0.5) is 11.5 Å². The van der Waals surface area contributed by atoms with E-state index in [0.29, 0.717) is 11.3 Å². The molecule has 1 aromatic heterocycles. The molecule has 1 heterocycles. The molecule has 1 aromatic carbocycles. The molecule has 0 aliphatic heterocycles. The van der Waals surface area contributed by atoms with E-state index < -0.39 is 4.92 Å². The highest BCUT2D eigenvalue weighted by atomic mass is 16.6. The number of nitrogens with zero attached hydrogens (tertiary/aromatic N) is 3. The Morgan fingerprint density at radius 3 is 2.67 bits per heavy atom. The number of ether oxygens (including phenoxy) is 1. The normalized spacial score (nSPS) is 10.1. The summed E-state index contributed by atoms with van der Waals surface area (Å²) in [6.07, 6.45) is 0. The highest BCUT2D eigenvalue weighted by Gasteiger charge is 2.12. The quantitative estimate of drug-likeness (QED) is 0.656. The minimum absolute atomic E-state index is 0.00379. The van der Waals surface area contributed by atoms with Crippen LogP contribution in [0.2, 0.25) is 0 Å². The summed E-state index contributed by atoms with van der Waals surface area (Å²) in [6.45, 7) is 1.66. The summed E-state index contributed by atoms with van der Waals surface area (Å²) in [5.74, 6) is 0.825. The molecule has 2 aromatic rings. The van der Waals surface area contributed by atoms with E-state index in [9.17, 15) is 10.1 Å². The highest BCUT2D eigenvalue weighted by molar-refractivity contribution is 5.46. The van der Waals surface area contributed by atoms with Gasteiger partial charge in [-0.1, -0.05) is 0 Å². The predicted molar refractivity (Wildman–Crippen MR) is 64.4 cm³/mol. The third-order valence-electron chi connectivity index (χ3n) is 2.26. The van der Waals surface area contributed by atoms with E-state index >= 15 is 0 Å². The SMILES string of the molecule is Cc1ccc(Oc2ccc(N)nn2)cc1[N+](=O)[O-]. The Morgan fingerprint density at radius 2 is 2.06 bits per heavy atom. The zero-order valence-electron chi connectivity index (χ0n) is 9.53. The third-order valence-corrected chi connectivity index (χ3v) is 2.26. The van der Waals surface area contributed by atoms with Crippen LogP contribution < -0.4 is 10.5 Å². The average Bonchev–Trinajstić information content (AvgIpc) is 2.34. The molecule has 0 bridgehead atoms. The van der Waals surface area contributed by atoms with Crippen LogP contribution in [-0.4, -0.2) is 15.1 Å². The molecule has 2 rings (SSSR count). The topological polar surface area (TPSA) is 104 Å². The summed E-state index contributed by atoms with van der Waals surface area (Å²) >= 11 is 0. The molecule has 0 amide bonds. The maximum atomic E-state index is 10.8. The van der Waals surface area contributed by atoms with Gasteiger partial charge in [-0.3, -0.25) is 10.1 Å². The maximum absolute atomic E-state index is 10.8. The lowest BCUT2D eigenvalue weighted by Crippen LogP contribution is -1.96. The number of nitrogens with two attached hydrogens (primary N) is 1. The first kappa shape index (κ1) is 11.8. The van der Waals surface area contributed by atoms with E-state index in [2.05, 4.69) is 10.2 Å². The Hall–Kier alpha value is -2.70. The van der Waals surface area contributed by atoms with Gasteiger partial charge in [0.05, 0.1) is 11.0 Å². The molecule has 0 aliphatic carbocycles. The minimum Gasteiger partial charge on any atom is -0.437 e. The van der Waals surface area contributed by atoms with Gasteiger partial charge in [0, 0.05) is 11.6 Å². The lowest BCUT2D eigenvalue weighted by atomic mass is 10.2. The van der Waals surface area contributed by atoms with Gasteiger partial charge in [-0.2, -0.15) is 0 Å². The highest BCUT2D eigenvalue weighted by Crippen LogP contribution is 2.26. The van der Waals surface area contributed by atoms with E-state index in [1.807, 2.05) is 0 Å². The zero-order chi connectivity index (χ0) is 13.1. The molecule has 7 nitrogen and oxygen atoms in total. The van der Waals surface area contributed by atoms with Crippen molar-refractivity contribution in [1.82, 2.24) is 10.2 Å². The van der Waals surface area contributed by atoms with Gasteiger partial charge in [-0.25, -0.2) is 0 Å². The number of nitro benzene ring substituents is 1. The average molecular weight is 246 g/mol. The van der Waals surface area contributed by atoms with E-state index in [-0.39, 0.29) is 17.4 Å². The number of nitro groups is 1. The molecule has 0 radical (unpaired) electrons. The van der Waals surface area contributed by atoms with E-state index in [1.54, 1.807) is 19.1 Å². The van der Waals surface area contributed by atoms with E-state index in [4.69, 9.17) is 10.5 Å². The fourth-order valence-corrected chi connectivity index (χ4v) is 1.35. The van der Waals surface area contributed by atoms with Crippen LogP contribution in [0, 0.1) is 17.0 Å². The largest absolute Gasteiger partial charge is 0.437 e. The predicted octanol–water partition coefficient (Wildman–Crippen LogP) is 2.07. The van der Waals surface area contributed by atoms with Gasteiger partial charge < -0.3 is 10.5 Å². The molecule has 0 unspecified atom stereocenters. The molecule has 0 saturated carbocycles. The molecule has 0 atom stereocenters. The van der Waals surface area contributed by atoms with Crippen molar-refractivity contribution in [2.75, 3.05) is 5.73 Å². The molecular formula is C11H10N4O3. The standard InChI is InChI=1S/C11H10N4O3/c1-7-2-3-8(6-9(7)15(16)17)18-11-5-4-10(12)13-14-11/h2-6H,1H3,(H2,12,13). The number of anilines is 1. The molecule has 92 valence electrons. The van der Waals surface area contributed by atoms with Crippen LogP contribution in [0.25, 0.3) is 0 Å². The first-order chi connectivity index (χ1) is 8.56. The second kappa shape index (κ2) is 4.66. The number of aromatic nitrogens is 2. The van der Waals surface area contributed by atoms with Crippen molar-refractivity contribution in [3.63, 3.8) is 0 Å². The summed E-state index contributed by atoms with van der Waals surface area (Å²) in [7, 11) is 0. The lowest BCUT2D eigenvalue weighted by molar-refractivity contribution is -0.385. The van der Waals surface area contributed by atoms with Gasteiger partial charge in [0.1, 0.15) is 11.6 Å². The van der Waals surface area contributed by atoms with Crippen molar-refractivity contribution in [3.05, 3.63) is 46.0 Å². The Balaban J connectivity index is 2.27. The molecule has 0 fully saturated rings. The molecule has 0 aliphatic rings. The molecule has 0 saturated heterocycles. The van der Waals surface area contributed by atoms with E-state index in [0.717, 1.165) is 0 Å². The van der Waals surface area contributed by atoms with Crippen LogP contribution in [0.1, 0.15) is 5.56 Å². The first-order valence-corrected chi connectivity index (χ1v) is 5.08. The van der Waals surface area contributed by atoms with E-state index in [1.165, 1.54) is 18.2 Å². The van der Waals surface area contributed by atoms with Crippen molar-refractivity contribution >= 4 is 11.5 Å². The van der Waals surface area contributed by atoms with Gasteiger partial charge in [0.15, 0.2) is 0 Å². The van der Waals surface area contributed by atoms with Crippen LogP contribution >= 0.6 is 0 Å². The number of hydrogen-bond donors (Lipinski definition) is 1. The first-order valence-electron chi connectivity index (χ1n) is 5.08. The second-order valence-corrected chi connectivity index (χ2v) is 3.60. The van der Waals surface area contributed by atoms with Gasteiger partial charge >= 0.3 is 0 Å². The third kappa shape index (κ3) is 2.51. The molecule has 0 spiro atoms. The van der Waals surface area contributed by atoms with Crippen molar-refractivity contribution in [1.29, 1.82) is 0 Å². The monoisotopic (exact) mass is 246 g/mol. The van der Waals surface area contributed by atoms with Crippen molar-refractivity contribution in [3.8, 4) is 11.6 Å². The summed E-state index contributed by atoms with van der Waals surface area (Å²) in [4.78, 5) is 10.3. The number of benzene rings is 1.